The van der Waals surface area contributed by atoms with Crippen molar-refractivity contribution in [2.75, 3.05) is 5.88 Å². The number of carbonyl (C=O) groups is 1. The van der Waals surface area contributed by atoms with Gasteiger partial charge in [0, 0.05) is 5.56 Å². The lowest BCUT2D eigenvalue weighted by Crippen LogP contribution is -2.04. The zero-order valence-corrected chi connectivity index (χ0v) is 8.83. The zero-order chi connectivity index (χ0) is 10.7. The van der Waals surface area contributed by atoms with E-state index in [1.165, 1.54) is 5.56 Å². The van der Waals surface area contributed by atoms with Gasteiger partial charge in [-0.2, -0.15) is 0 Å². The van der Waals surface area contributed by atoms with Crippen LogP contribution in [0.3, 0.4) is 0 Å². The summed E-state index contributed by atoms with van der Waals surface area (Å²) in [5.74, 6) is -0.688. The Bertz CT molecular complexity index is 415. The van der Waals surface area contributed by atoms with Gasteiger partial charge >= 0.3 is 5.97 Å². The van der Waals surface area contributed by atoms with Crippen LogP contribution in [0.2, 0.25) is 0 Å². The highest BCUT2D eigenvalue weighted by atomic mass is 35.5. The fourth-order valence-corrected chi connectivity index (χ4v) is 1.68. The Hall–Kier alpha value is -1.35. The fraction of sp³-hybridized carbons (Fsp3) is 0.273. The summed E-state index contributed by atoms with van der Waals surface area (Å²) in [6.07, 6.45) is 1.77. The van der Waals surface area contributed by atoms with Crippen LogP contribution in [0.1, 0.15) is 17.5 Å². The number of hydrogen-bond acceptors (Lipinski definition) is 3. The minimum Gasteiger partial charge on any atom is -0.317 e. The molecule has 0 radical (unpaired) electrons. The number of fused-ring (bicyclic) bond motifs is 1. The minimum atomic E-state index is -0.520. The van der Waals surface area contributed by atoms with Crippen molar-refractivity contribution in [3.05, 3.63) is 35.4 Å². The van der Waals surface area contributed by atoms with Gasteiger partial charge in [-0.25, -0.2) is 4.79 Å². The number of hydrogen-bond donors (Lipinski definition) is 0. The molecule has 1 aromatic rings. The minimum absolute atomic E-state index is 0.168. The van der Waals surface area contributed by atoms with Crippen LogP contribution in [-0.2, 0) is 16.1 Å². The van der Waals surface area contributed by atoms with Crippen LogP contribution in [0.4, 0.5) is 0 Å². The van der Waals surface area contributed by atoms with E-state index in [-0.39, 0.29) is 5.88 Å². The lowest BCUT2D eigenvalue weighted by Gasteiger charge is -1.98. The summed E-state index contributed by atoms with van der Waals surface area (Å²) in [7, 11) is 0. The number of aryl methyl sites for hydroxylation is 1. The van der Waals surface area contributed by atoms with Crippen LogP contribution in [0.25, 0.3) is 0 Å². The molecular weight excluding hydrogens is 214 g/mol. The Labute approximate surface area is 92.7 Å². The van der Waals surface area contributed by atoms with Crippen molar-refractivity contribution in [3.8, 4) is 0 Å². The summed E-state index contributed by atoms with van der Waals surface area (Å²) in [6, 6.07) is 7.98. The molecule has 0 unspecified atom stereocenters. The van der Waals surface area contributed by atoms with Crippen LogP contribution < -0.4 is 0 Å². The number of alkyl halides is 1. The van der Waals surface area contributed by atoms with Crippen LogP contribution in [0, 0.1) is 0 Å². The summed E-state index contributed by atoms with van der Waals surface area (Å²) >= 11 is 5.29. The first-order valence-electron chi connectivity index (χ1n) is 4.72. The summed E-state index contributed by atoms with van der Waals surface area (Å²) in [6.45, 7) is 0. The predicted octanol–water partition coefficient (Wildman–Crippen LogP) is 2.12. The van der Waals surface area contributed by atoms with Gasteiger partial charge in [0.25, 0.3) is 0 Å². The van der Waals surface area contributed by atoms with E-state index in [1.54, 1.807) is 0 Å². The van der Waals surface area contributed by atoms with Crippen molar-refractivity contribution in [1.82, 2.24) is 0 Å². The third-order valence-electron chi connectivity index (χ3n) is 2.33. The van der Waals surface area contributed by atoms with Gasteiger partial charge < -0.3 is 4.84 Å². The van der Waals surface area contributed by atoms with E-state index < -0.39 is 5.97 Å². The van der Waals surface area contributed by atoms with E-state index in [0.717, 1.165) is 24.1 Å². The first-order valence-corrected chi connectivity index (χ1v) is 5.25. The zero-order valence-electron chi connectivity index (χ0n) is 8.07. The molecule has 0 atom stereocenters. The van der Waals surface area contributed by atoms with E-state index in [1.807, 2.05) is 18.2 Å². The van der Waals surface area contributed by atoms with Gasteiger partial charge in [-0.05, 0) is 18.4 Å². The number of carbonyl (C=O) groups excluding carboxylic acids is 1. The quantitative estimate of drug-likeness (QED) is 0.438. The molecule has 3 nitrogen and oxygen atoms in total. The van der Waals surface area contributed by atoms with E-state index >= 15 is 0 Å². The highest BCUT2D eigenvalue weighted by molar-refractivity contribution is 6.26. The molecule has 0 bridgehead atoms. The number of nitrogens with zero attached hydrogens (tertiary/aromatic N) is 1. The second-order valence-electron chi connectivity index (χ2n) is 3.29. The SMILES string of the molecule is O=C(CCl)ON=C1CCc2ccccc21. The molecule has 15 heavy (non-hydrogen) atoms. The standard InChI is InChI=1S/C11H10ClNO2/c12-7-11(14)15-13-10-6-5-8-3-1-2-4-9(8)10/h1-4H,5-7H2. The van der Waals surface area contributed by atoms with Crippen LogP contribution in [0.5, 0.6) is 0 Å². The lowest BCUT2D eigenvalue weighted by molar-refractivity contribution is -0.140. The molecule has 4 heteroatoms. The van der Waals surface area contributed by atoms with Gasteiger partial charge in [0.2, 0.25) is 0 Å². The van der Waals surface area contributed by atoms with Gasteiger partial charge in [0.1, 0.15) is 5.88 Å². The monoisotopic (exact) mass is 223 g/mol. The van der Waals surface area contributed by atoms with E-state index in [0.29, 0.717) is 0 Å². The van der Waals surface area contributed by atoms with Crippen molar-refractivity contribution < 1.29 is 9.63 Å². The Morgan fingerprint density at radius 3 is 3.00 bits per heavy atom. The molecule has 0 saturated heterocycles. The highest BCUT2D eigenvalue weighted by Gasteiger charge is 2.17. The van der Waals surface area contributed by atoms with Gasteiger partial charge in [-0.15, -0.1) is 11.6 Å². The number of oxime groups is 1. The first kappa shape index (κ1) is 10.2. The molecule has 0 saturated carbocycles. The average Bonchev–Trinajstić information content (AvgIpc) is 2.69. The van der Waals surface area contributed by atoms with Gasteiger partial charge in [-0.3, -0.25) is 0 Å². The molecule has 0 fully saturated rings. The largest absolute Gasteiger partial charge is 0.349 e. The summed E-state index contributed by atoms with van der Waals surface area (Å²) in [5, 5.41) is 3.82. The van der Waals surface area contributed by atoms with Crippen molar-refractivity contribution in [3.63, 3.8) is 0 Å². The van der Waals surface area contributed by atoms with Gasteiger partial charge in [0.05, 0.1) is 5.71 Å². The molecule has 0 aliphatic heterocycles. The Morgan fingerprint density at radius 1 is 1.40 bits per heavy atom. The van der Waals surface area contributed by atoms with E-state index in [2.05, 4.69) is 16.1 Å². The molecule has 78 valence electrons. The molecule has 0 N–H and O–H groups in total. The second kappa shape index (κ2) is 4.45. The Morgan fingerprint density at radius 2 is 2.20 bits per heavy atom. The number of rotatable bonds is 2. The van der Waals surface area contributed by atoms with Crippen LogP contribution in [-0.4, -0.2) is 17.6 Å². The smallest absolute Gasteiger partial charge is 0.317 e. The first-order chi connectivity index (χ1) is 7.31. The molecule has 0 heterocycles. The normalized spacial score (nSPS) is 16.5. The molecule has 0 amide bonds. The molecule has 2 rings (SSSR count). The third-order valence-corrected chi connectivity index (χ3v) is 2.54. The maximum Gasteiger partial charge on any atom is 0.349 e. The maximum atomic E-state index is 10.8. The molecule has 1 aromatic carbocycles. The molecule has 1 aliphatic rings. The number of benzene rings is 1. The molecular formula is C11H10ClNO2. The summed E-state index contributed by atoms with van der Waals surface area (Å²) in [5.41, 5.74) is 3.14. The van der Waals surface area contributed by atoms with Crippen LogP contribution in [0.15, 0.2) is 29.4 Å². The lowest BCUT2D eigenvalue weighted by atomic mass is 10.1. The third kappa shape index (κ3) is 2.18. The van der Waals surface area contributed by atoms with Gasteiger partial charge in [0.15, 0.2) is 0 Å². The van der Waals surface area contributed by atoms with Crippen molar-refractivity contribution >= 4 is 23.3 Å². The van der Waals surface area contributed by atoms with E-state index in [9.17, 15) is 4.79 Å². The molecule has 0 aromatic heterocycles. The van der Waals surface area contributed by atoms with Crippen molar-refractivity contribution in [1.29, 1.82) is 0 Å². The molecule has 0 spiro atoms. The Kier molecular flexibility index (Phi) is 3.02. The highest BCUT2D eigenvalue weighted by Crippen LogP contribution is 2.22. The predicted molar refractivity (Wildman–Crippen MR) is 58.1 cm³/mol. The van der Waals surface area contributed by atoms with Crippen molar-refractivity contribution in [2.45, 2.75) is 12.8 Å². The maximum absolute atomic E-state index is 10.8. The fourth-order valence-electron chi connectivity index (χ4n) is 1.63. The topological polar surface area (TPSA) is 38.7 Å². The second-order valence-corrected chi connectivity index (χ2v) is 3.56. The van der Waals surface area contributed by atoms with Crippen molar-refractivity contribution in [2.24, 2.45) is 5.16 Å². The van der Waals surface area contributed by atoms with Gasteiger partial charge in [-0.1, -0.05) is 29.4 Å². The summed E-state index contributed by atoms with van der Waals surface area (Å²) < 4.78 is 0. The summed E-state index contributed by atoms with van der Waals surface area (Å²) in [4.78, 5) is 15.5. The van der Waals surface area contributed by atoms with E-state index in [4.69, 9.17) is 11.6 Å². The number of halogens is 1. The van der Waals surface area contributed by atoms with Crippen LogP contribution >= 0.6 is 11.6 Å². The average molecular weight is 224 g/mol. The Balaban J connectivity index is 2.17. The molecule has 1 aliphatic carbocycles.